The SMILES string of the molecule is CCOc1ccc(F)c2c(Br)csc12. The monoisotopic (exact) mass is 274 g/mol. The van der Waals surface area contributed by atoms with Crippen molar-refractivity contribution in [2.24, 2.45) is 0 Å². The van der Waals surface area contributed by atoms with Crippen molar-refractivity contribution in [3.05, 3.63) is 27.8 Å². The molecular formula is C10H8BrFOS. The molecule has 0 aliphatic rings. The molecule has 0 aliphatic carbocycles. The molecule has 0 saturated heterocycles. The van der Waals surface area contributed by atoms with E-state index in [4.69, 9.17) is 4.74 Å². The summed E-state index contributed by atoms with van der Waals surface area (Å²) >= 11 is 4.80. The zero-order chi connectivity index (χ0) is 10.1. The molecule has 0 saturated carbocycles. The van der Waals surface area contributed by atoms with E-state index in [1.165, 1.54) is 17.4 Å². The van der Waals surface area contributed by atoms with Crippen molar-refractivity contribution in [2.75, 3.05) is 6.61 Å². The largest absolute Gasteiger partial charge is 0.492 e. The molecule has 74 valence electrons. The van der Waals surface area contributed by atoms with Gasteiger partial charge in [-0.15, -0.1) is 11.3 Å². The molecule has 0 aliphatic heterocycles. The fourth-order valence-corrected chi connectivity index (χ4v) is 3.02. The lowest BCUT2D eigenvalue weighted by Crippen LogP contribution is -1.91. The molecule has 0 amide bonds. The first-order valence-electron chi connectivity index (χ1n) is 4.22. The van der Waals surface area contributed by atoms with E-state index in [0.29, 0.717) is 12.0 Å². The van der Waals surface area contributed by atoms with Gasteiger partial charge in [-0.1, -0.05) is 0 Å². The van der Waals surface area contributed by atoms with Crippen LogP contribution in [0.25, 0.3) is 10.1 Å². The highest BCUT2D eigenvalue weighted by molar-refractivity contribution is 9.10. The Labute approximate surface area is 93.6 Å². The third-order valence-corrected chi connectivity index (χ3v) is 3.81. The zero-order valence-corrected chi connectivity index (χ0v) is 9.91. The molecule has 1 nitrogen and oxygen atoms in total. The summed E-state index contributed by atoms with van der Waals surface area (Å²) in [4.78, 5) is 0. The minimum Gasteiger partial charge on any atom is -0.492 e. The molecule has 0 N–H and O–H groups in total. The Bertz CT molecular complexity index is 466. The van der Waals surface area contributed by atoms with E-state index in [1.54, 1.807) is 6.07 Å². The topological polar surface area (TPSA) is 9.23 Å². The number of ether oxygens (including phenoxy) is 1. The maximum Gasteiger partial charge on any atom is 0.137 e. The minimum atomic E-state index is -0.212. The van der Waals surface area contributed by atoms with Crippen molar-refractivity contribution in [3.63, 3.8) is 0 Å². The number of benzene rings is 1. The lowest BCUT2D eigenvalue weighted by atomic mass is 10.2. The van der Waals surface area contributed by atoms with Crippen LogP contribution < -0.4 is 4.74 Å². The Morgan fingerprint density at radius 1 is 1.50 bits per heavy atom. The van der Waals surface area contributed by atoms with Gasteiger partial charge in [-0.3, -0.25) is 0 Å². The number of fused-ring (bicyclic) bond motifs is 1. The maximum atomic E-state index is 13.4. The molecule has 4 heteroatoms. The second-order valence-corrected chi connectivity index (χ2v) is 4.50. The molecule has 1 aromatic heterocycles. The Morgan fingerprint density at radius 2 is 2.29 bits per heavy atom. The smallest absolute Gasteiger partial charge is 0.137 e. The molecule has 14 heavy (non-hydrogen) atoms. The van der Waals surface area contributed by atoms with Crippen LogP contribution in [0.2, 0.25) is 0 Å². The summed E-state index contributed by atoms with van der Waals surface area (Å²) < 4.78 is 20.5. The van der Waals surface area contributed by atoms with E-state index in [9.17, 15) is 4.39 Å². The van der Waals surface area contributed by atoms with Crippen LogP contribution in [-0.2, 0) is 0 Å². The van der Waals surface area contributed by atoms with Gasteiger partial charge < -0.3 is 4.74 Å². The average Bonchev–Trinajstić information content (AvgIpc) is 2.54. The molecule has 1 aromatic carbocycles. The quantitative estimate of drug-likeness (QED) is 0.798. The van der Waals surface area contributed by atoms with Gasteiger partial charge in [0.2, 0.25) is 0 Å². The summed E-state index contributed by atoms with van der Waals surface area (Å²) in [7, 11) is 0. The maximum absolute atomic E-state index is 13.4. The molecule has 0 atom stereocenters. The second kappa shape index (κ2) is 3.87. The highest BCUT2D eigenvalue weighted by atomic mass is 79.9. The van der Waals surface area contributed by atoms with Crippen LogP contribution in [0.4, 0.5) is 4.39 Å². The number of hydrogen-bond acceptors (Lipinski definition) is 2. The van der Waals surface area contributed by atoms with Gasteiger partial charge in [0.05, 0.1) is 11.3 Å². The molecule has 0 bridgehead atoms. The second-order valence-electron chi connectivity index (χ2n) is 2.77. The van der Waals surface area contributed by atoms with Gasteiger partial charge in [0.15, 0.2) is 0 Å². The Balaban J connectivity index is 2.70. The first kappa shape index (κ1) is 9.93. The highest BCUT2D eigenvalue weighted by Gasteiger charge is 2.11. The fourth-order valence-electron chi connectivity index (χ4n) is 1.32. The summed E-state index contributed by atoms with van der Waals surface area (Å²) in [6.07, 6.45) is 0. The number of thiophene rings is 1. The van der Waals surface area contributed by atoms with Crippen molar-refractivity contribution >= 4 is 37.4 Å². The van der Waals surface area contributed by atoms with Crippen LogP contribution in [-0.4, -0.2) is 6.61 Å². The summed E-state index contributed by atoms with van der Waals surface area (Å²) in [5.74, 6) is 0.538. The van der Waals surface area contributed by atoms with Crippen molar-refractivity contribution in [1.82, 2.24) is 0 Å². The van der Waals surface area contributed by atoms with Gasteiger partial charge in [0.25, 0.3) is 0 Å². The summed E-state index contributed by atoms with van der Waals surface area (Å²) in [6, 6.07) is 3.11. The standard InChI is InChI=1S/C10H8BrFOS/c1-2-13-8-4-3-7(12)9-6(11)5-14-10(8)9/h3-5H,2H2,1H3. The molecule has 2 rings (SSSR count). The van der Waals surface area contributed by atoms with Gasteiger partial charge >= 0.3 is 0 Å². The van der Waals surface area contributed by atoms with Gasteiger partial charge in [-0.25, -0.2) is 4.39 Å². The van der Waals surface area contributed by atoms with E-state index in [-0.39, 0.29) is 5.82 Å². The van der Waals surface area contributed by atoms with E-state index in [0.717, 1.165) is 14.9 Å². The molecule has 0 fully saturated rings. The third-order valence-electron chi connectivity index (χ3n) is 1.89. The lowest BCUT2D eigenvalue weighted by molar-refractivity contribution is 0.344. The zero-order valence-electron chi connectivity index (χ0n) is 7.51. The third kappa shape index (κ3) is 1.53. The first-order valence-corrected chi connectivity index (χ1v) is 5.89. The van der Waals surface area contributed by atoms with E-state index in [1.807, 2.05) is 12.3 Å². The van der Waals surface area contributed by atoms with E-state index >= 15 is 0 Å². The first-order chi connectivity index (χ1) is 6.74. The van der Waals surface area contributed by atoms with Crippen molar-refractivity contribution in [2.45, 2.75) is 6.92 Å². The molecule has 0 spiro atoms. The molecule has 0 radical (unpaired) electrons. The summed E-state index contributed by atoms with van der Waals surface area (Å²) in [6.45, 7) is 2.51. The number of halogens is 2. The van der Waals surface area contributed by atoms with Crippen LogP contribution in [0.5, 0.6) is 5.75 Å². The summed E-state index contributed by atoms with van der Waals surface area (Å²) in [5, 5.41) is 2.48. The molecule has 0 unspecified atom stereocenters. The fraction of sp³-hybridized carbons (Fsp3) is 0.200. The van der Waals surface area contributed by atoms with Crippen molar-refractivity contribution in [3.8, 4) is 5.75 Å². The Kier molecular flexibility index (Phi) is 2.74. The minimum absolute atomic E-state index is 0.212. The predicted molar refractivity (Wildman–Crippen MR) is 60.7 cm³/mol. The van der Waals surface area contributed by atoms with Crippen LogP contribution in [0.3, 0.4) is 0 Å². The van der Waals surface area contributed by atoms with Crippen molar-refractivity contribution < 1.29 is 9.13 Å². The number of hydrogen-bond donors (Lipinski definition) is 0. The molecular weight excluding hydrogens is 267 g/mol. The molecule has 2 aromatic rings. The number of rotatable bonds is 2. The van der Waals surface area contributed by atoms with E-state index < -0.39 is 0 Å². The van der Waals surface area contributed by atoms with Crippen molar-refractivity contribution in [1.29, 1.82) is 0 Å². The molecule has 1 heterocycles. The van der Waals surface area contributed by atoms with Crippen LogP contribution >= 0.6 is 27.3 Å². The summed E-state index contributed by atoms with van der Waals surface area (Å²) in [5.41, 5.74) is 0. The van der Waals surface area contributed by atoms with E-state index in [2.05, 4.69) is 15.9 Å². The van der Waals surface area contributed by atoms with Crippen LogP contribution in [0.15, 0.2) is 22.0 Å². The Morgan fingerprint density at radius 3 is 3.00 bits per heavy atom. The van der Waals surface area contributed by atoms with Gasteiger partial charge in [0.1, 0.15) is 11.6 Å². The van der Waals surface area contributed by atoms with Gasteiger partial charge in [-0.05, 0) is 35.0 Å². The average molecular weight is 275 g/mol. The van der Waals surface area contributed by atoms with Gasteiger partial charge in [-0.2, -0.15) is 0 Å². The Hall–Kier alpha value is -0.610. The highest BCUT2D eigenvalue weighted by Crippen LogP contribution is 2.38. The normalized spacial score (nSPS) is 10.8. The lowest BCUT2D eigenvalue weighted by Gasteiger charge is -2.04. The van der Waals surface area contributed by atoms with Crippen LogP contribution in [0, 0.1) is 5.82 Å². The van der Waals surface area contributed by atoms with Gasteiger partial charge in [0, 0.05) is 15.2 Å². The van der Waals surface area contributed by atoms with Crippen LogP contribution in [0.1, 0.15) is 6.92 Å². The predicted octanol–water partition coefficient (Wildman–Crippen LogP) is 4.20.